The number of carbonyl (C=O) groups excluding carboxylic acids is 2. The van der Waals surface area contributed by atoms with E-state index in [0.29, 0.717) is 12.8 Å². The number of nitrogens with zero attached hydrogens (tertiary/aromatic N) is 1. The van der Waals surface area contributed by atoms with Crippen molar-refractivity contribution >= 4 is 46.6 Å². The van der Waals surface area contributed by atoms with Crippen LogP contribution in [0, 0.1) is 6.92 Å². The molecule has 0 saturated carbocycles. The lowest BCUT2D eigenvalue weighted by atomic mass is 10.1. The fraction of sp³-hybridized carbons (Fsp3) is 0.333. The second-order valence-electron chi connectivity index (χ2n) is 6.60. The van der Waals surface area contributed by atoms with Crippen LogP contribution in [-0.4, -0.2) is 24.1 Å². The van der Waals surface area contributed by atoms with Gasteiger partial charge in [0.2, 0.25) is 11.8 Å². The third-order valence-electron chi connectivity index (χ3n) is 4.48. The minimum atomic E-state index is 0.0103. The summed E-state index contributed by atoms with van der Waals surface area (Å²) >= 11 is 7.59. The highest BCUT2D eigenvalue weighted by Gasteiger charge is 2.22. The van der Waals surface area contributed by atoms with Crippen LogP contribution < -0.4 is 10.2 Å². The van der Waals surface area contributed by atoms with Crippen molar-refractivity contribution < 1.29 is 9.59 Å². The molecular weight excluding hydrogens is 380 g/mol. The third-order valence-corrected chi connectivity index (χ3v) is 5.83. The van der Waals surface area contributed by atoms with Crippen LogP contribution >= 0.6 is 23.4 Å². The van der Waals surface area contributed by atoms with Crippen LogP contribution in [0.5, 0.6) is 0 Å². The molecule has 2 aromatic carbocycles. The molecule has 0 spiro atoms. The van der Waals surface area contributed by atoms with Crippen molar-refractivity contribution in [3.05, 3.63) is 53.1 Å². The maximum Gasteiger partial charge on any atom is 0.227 e. The summed E-state index contributed by atoms with van der Waals surface area (Å²) in [6, 6.07) is 13.4. The highest BCUT2D eigenvalue weighted by atomic mass is 35.5. The molecule has 0 unspecified atom stereocenters. The fourth-order valence-electron chi connectivity index (χ4n) is 3.12. The van der Waals surface area contributed by atoms with E-state index in [0.717, 1.165) is 52.0 Å². The molecule has 4 nitrogen and oxygen atoms in total. The van der Waals surface area contributed by atoms with Crippen LogP contribution in [0.1, 0.15) is 31.2 Å². The lowest BCUT2D eigenvalue weighted by Gasteiger charge is -2.19. The van der Waals surface area contributed by atoms with Crippen LogP contribution in [-0.2, 0) is 9.59 Å². The van der Waals surface area contributed by atoms with E-state index in [4.69, 9.17) is 11.6 Å². The Morgan fingerprint density at radius 3 is 2.67 bits per heavy atom. The smallest absolute Gasteiger partial charge is 0.227 e. The molecule has 0 atom stereocenters. The van der Waals surface area contributed by atoms with Gasteiger partial charge >= 0.3 is 0 Å². The first-order valence-electron chi connectivity index (χ1n) is 9.12. The number of amides is 2. The Labute approximate surface area is 169 Å². The average molecular weight is 403 g/mol. The van der Waals surface area contributed by atoms with Gasteiger partial charge in [-0.15, -0.1) is 11.8 Å². The Balaban J connectivity index is 1.45. The number of nitrogens with one attached hydrogen (secondary N) is 1. The summed E-state index contributed by atoms with van der Waals surface area (Å²) in [4.78, 5) is 27.1. The topological polar surface area (TPSA) is 49.4 Å². The van der Waals surface area contributed by atoms with Crippen molar-refractivity contribution in [1.29, 1.82) is 0 Å². The van der Waals surface area contributed by atoms with Gasteiger partial charge in [-0.1, -0.05) is 11.6 Å². The summed E-state index contributed by atoms with van der Waals surface area (Å²) in [6.07, 6.45) is 2.81. The van der Waals surface area contributed by atoms with Crippen LogP contribution in [0.15, 0.2) is 47.4 Å². The molecule has 6 heteroatoms. The standard InChI is InChI=1S/C21H23ClN2O2S/c1-15-14-17(8-11-19(15)24-12-2-5-21(24)26)23-20(25)4-3-13-27-18-9-6-16(22)7-10-18/h6-11,14H,2-5,12-13H2,1H3,(H,23,25). The van der Waals surface area contributed by atoms with Gasteiger partial charge in [-0.05, 0) is 73.5 Å². The Kier molecular flexibility index (Phi) is 6.80. The number of carbonyl (C=O) groups is 2. The zero-order valence-corrected chi connectivity index (χ0v) is 16.9. The number of anilines is 2. The van der Waals surface area contributed by atoms with Crippen molar-refractivity contribution in [2.75, 3.05) is 22.5 Å². The Morgan fingerprint density at radius 2 is 2.00 bits per heavy atom. The highest BCUT2D eigenvalue weighted by Crippen LogP contribution is 2.27. The molecule has 0 bridgehead atoms. The van der Waals surface area contributed by atoms with E-state index in [1.54, 1.807) is 11.8 Å². The molecular formula is C21H23ClN2O2S. The van der Waals surface area contributed by atoms with E-state index in [1.165, 1.54) is 0 Å². The van der Waals surface area contributed by atoms with Crippen molar-refractivity contribution in [2.45, 2.75) is 37.5 Å². The number of benzene rings is 2. The van der Waals surface area contributed by atoms with Gasteiger partial charge < -0.3 is 10.2 Å². The first-order valence-corrected chi connectivity index (χ1v) is 10.5. The Hall–Kier alpha value is -1.98. The summed E-state index contributed by atoms with van der Waals surface area (Å²) < 4.78 is 0. The van der Waals surface area contributed by atoms with E-state index >= 15 is 0 Å². The van der Waals surface area contributed by atoms with Gasteiger partial charge in [-0.25, -0.2) is 0 Å². The van der Waals surface area contributed by atoms with Gasteiger partial charge in [0, 0.05) is 40.7 Å². The van der Waals surface area contributed by atoms with E-state index in [1.807, 2.05) is 54.3 Å². The number of hydrogen-bond donors (Lipinski definition) is 1. The van der Waals surface area contributed by atoms with Gasteiger partial charge in [0.15, 0.2) is 0 Å². The molecule has 2 amide bonds. The first kappa shape index (κ1) is 19.8. The van der Waals surface area contributed by atoms with Crippen molar-refractivity contribution in [2.24, 2.45) is 0 Å². The second-order valence-corrected chi connectivity index (χ2v) is 8.21. The fourth-order valence-corrected chi connectivity index (χ4v) is 4.09. The van der Waals surface area contributed by atoms with Gasteiger partial charge in [0.25, 0.3) is 0 Å². The number of thioether (sulfide) groups is 1. The molecule has 3 rings (SSSR count). The third kappa shape index (κ3) is 5.50. The number of aryl methyl sites for hydroxylation is 1. The van der Waals surface area contributed by atoms with Crippen LogP contribution in [0.2, 0.25) is 5.02 Å². The summed E-state index contributed by atoms with van der Waals surface area (Å²) in [5.41, 5.74) is 2.72. The van der Waals surface area contributed by atoms with Crippen LogP contribution in [0.3, 0.4) is 0 Å². The second kappa shape index (κ2) is 9.29. The van der Waals surface area contributed by atoms with E-state index in [9.17, 15) is 9.59 Å². The van der Waals surface area contributed by atoms with Crippen LogP contribution in [0.4, 0.5) is 11.4 Å². The molecule has 0 aromatic heterocycles. The quantitative estimate of drug-likeness (QED) is 0.506. The van der Waals surface area contributed by atoms with Gasteiger partial charge in [0.1, 0.15) is 0 Å². The maximum absolute atomic E-state index is 12.2. The van der Waals surface area contributed by atoms with E-state index in [2.05, 4.69) is 5.32 Å². The summed E-state index contributed by atoms with van der Waals surface area (Å²) in [5.74, 6) is 1.06. The van der Waals surface area contributed by atoms with Gasteiger partial charge in [0.05, 0.1) is 0 Å². The average Bonchev–Trinajstić information content (AvgIpc) is 3.06. The lowest BCUT2D eigenvalue weighted by molar-refractivity contribution is -0.117. The van der Waals surface area contributed by atoms with E-state index in [-0.39, 0.29) is 11.8 Å². The number of halogens is 1. The SMILES string of the molecule is Cc1cc(NC(=O)CCCSc2ccc(Cl)cc2)ccc1N1CCCC1=O. The highest BCUT2D eigenvalue weighted by molar-refractivity contribution is 7.99. The molecule has 142 valence electrons. The van der Waals surface area contributed by atoms with E-state index < -0.39 is 0 Å². The van der Waals surface area contributed by atoms with Crippen molar-refractivity contribution in [3.8, 4) is 0 Å². The zero-order chi connectivity index (χ0) is 19.2. The summed E-state index contributed by atoms with van der Waals surface area (Å²) in [7, 11) is 0. The minimum absolute atomic E-state index is 0.0103. The molecule has 1 heterocycles. The lowest BCUT2D eigenvalue weighted by Crippen LogP contribution is -2.24. The molecule has 27 heavy (non-hydrogen) atoms. The number of hydrogen-bond acceptors (Lipinski definition) is 3. The summed E-state index contributed by atoms with van der Waals surface area (Å²) in [5, 5.41) is 3.68. The molecule has 1 N–H and O–H groups in total. The molecule has 2 aromatic rings. The van der Waals surface area contributed by atoms with Gasteiger partial charge in [-0.2, -0.15) is 0 Å². The first-order chi connectivity index (χ1) is 13.0. The molecule has 1 saturated heterocycles. The largest absolute Gasteiger partial charge is 0.326 e. The molecule has 1 aliphatic heterocycles. The summed E-state index contributed by atoms with van der Waals surface area (Å²) in [6.45, 7) is 2.75. The molecule has 0 radical (unpaired) electrons. The maximum atomic E-state index is 12.2. The minimum Gasteiger partial charge on any atom is -0.326 e. The predicted molar refractivity (Wildman–Crippen MR) is 113 cm³/mol. The molecule has 1 aliphatic rings. The van der Waals surface area contributed by atoms with Crippen LogP contribution in [0.25, 0.3) is 0 Å². The molecule has 0 aliphatic carbocycles. The normalized spacial score (nSPS) is 13.9. The Morgan fingerprint density at radius 1 is 1.22 bits per heavy atom. The zero-order valence-electron chi connectivity index (χ0n) is 15.3. The molecule has 1 fully saturated rings. The van der Waals surface area contributed by atoms with Gasteiger partial charge in [-0.3, -0.25) is 9.59 Å². The monoisotopic (exact) mass is 402 g/mol. The Bertz CT molecular complexity index is 823. The van der Waals surface area contributed by atoms with Crippen molar-refractivity contribution in [3.63, 3.8) is 0 Å². The van der Waals surface area contributed by atoms with Crippen molar-refractivity contribution in [1.82, 2.24) is 0 Å². The number of rotatable bonds is 7. The predicted octanol–water partition coefficient (Wildman–Crippen LogP) is 5.29.